The normalized spacial score (nSPS) is 12.8. The van der Waals surface area contributed by atoms with E-state index in [0.717, 1.165) is 32.2 Å². The summed E-state index contributed by atoms with van der Waals surface area (Å²) in [5.41, 5.74) is 0.241. The summed E-state index contributed by atoms with van der Waals surface area (Å²) < 4.78 is 39.8. The minimum atomic E-state index is -4.47. The summed E-state index contributed by atoms with van der Waals surface area (Å²) in [6.07, 6.45) is -4.47. The van der Waals surface area contributed by atoms with Crippen LogP contribution < -0.4 is 0 Å². The number of carbonyl (C=O) groups excluding carboxylic acids is 1. The summed E-state index contributed by atoms with van der Waals surface area (Å²) in [6, 6.07) is 12.1. The number of amides is 1. The van der Waals surface area contributed by atoms with Crippen molar-refractivity contribution in [3.8, 4) is 11.4 Å². The maximum absolute atomic E-state index is 12.9. The number of hydrogen-bond acceptors (Lipinski definition) is 6. The molecule has 0 unspecified atom stereocenters. The third kappa shape index (κ3) is 4.41. The molecule has 0 aliphatic carbocycles. The number of likely N-dealkylation sites (N-methyl/N-ethyl adjacent to an activating group) is 1. The van der Waals surface area contributed by atoms with Crippen LogP contribution in [0.5, 0.6) is 0 Å². The van der Waals surface area contributed by atoms with Gasteiger partial charge >= 0.3 is 6.18 Å². The first kappa shape index (κ1) is 20.9. The molecule has 1 atom stereocenters. The molecule has 0 spiro atoms. The maximum atomic E-state index is 12.9. The predicted octanol–water partition coefficient (Wildman–Crippen LogP) is 4.19. The van der Waals surface area contributed by atoms with Crippen LogP contribution in [0.3, 0.4) is 0 Å². The van der Waals surface area contributed by atoms with Crippen LogP contribution in [0.4, 0.5) is 13.2 Å². The van der Waals surface area contributed by atoms with Crippen LogP contribution in [-0.2, 0) is 17.5 Å². The molecule has 2 aromatic carbocycles. The van der Waals surface area contributed by atoms with E-state index in [4.69, 9.17) is 0 Å². The van der Waals surface area contributed by atoms with Crippen molar-refractivity contribution in [3.63, 3.8) is 0 Å². The highest BCUT2D eigenvalue weighted by Gasteiger charge is 2.31. The maximum Gasteiger partial charge on any atom is 0.416 e. The monoisotopic (exact) mass is 446 g/mol. The number of thiazole rings is 1. The summed E-state index contributed by atoms with van der Waals surface area (Å²) in [7, 11) is 1.66. The van der Waals surface area contributed by atoms with Gasteiger partial charge in [0, 0.05) is 12.6 Å². The highest BCUT2D eigenvalue weighted by molar-refractivity contribution is 7.18. The largest absolute Gasteiger partial charge is 0.416 e. The smallest absolute Gasteiger partial charge is 0.335 e. The number of nitrogens with zero attached hydrogens (tertiary/aromatic N) is 6. The van der Waals surface area contributed by atoms with E-state index in [9.17, 15) is 18.0 Å². The van der Waals surface area contributed by atoms with Gasteiger partial charge in [-0.15, -0.1) is 21.5 Å². The number of hydrogen-bond donors (Lipinski definition) is 0. The van der Waals surface area contributed by atoms with Gasteiger partial charge < -0.3 is 4.90 Å². The average molecular weight is 446 g/mol. The fraction of sp³-hybridized carbons (Fsp3) is 0.250. The molecular weight excluding hydrogens is 429 g/mol. The second kappa shape index (κ2) is 8.06. The molecule has 160 valence electrons. The van der Waals surface area contributed by atoms with Gasteiger partial charge in [-0.05, 0) is 36.4 Å². The third-order valence-electron chi connectivity index (χ3n) is 4.82. The van der Waals surface area contributed by atoms with Gasteiger partial charge in [0.25, 0.3) is 0 Å². The number of aromatic nitrogens is 5. The lowest BCUT2D eigenvalue weighted by molar-refractivity contribution is -0.137. The van der Waals surface area contributed by atoms with Crippen LogP contribution in [-0.4, -0.2) is 43.0 Å². The Balaban J connectivity index is 1.47. The van der Waals surface area contributed by atoms with E-state index < -0.39 is 11.7 Å². The fourth-order valence-electron chi connectivity index (χ4n) is 2.94. The lowest BCUT2D eigenvalue weighted by atomic mass is 10.1. The number of alkyl halides is 3. The number of para-hydroxylation sites is 1. The summed E-state index contributed by atoms with van der Waals surface area (Å²) in [6.45, 7) is 1.68. The van der Waals surface area contributed by atoms with Gasteiger partial charge in [0.2, 0.25) is 11.7 Å². The van der Waals surface area contributed by atoms with Crippen molar-refractivity contribution in [1.29, 1.82) is 0 Å². The molecule has 4 rings (SSSR count). The van der Waals surface area contributed by atoms with Crippen molar-refractivity contribution in [2.24, 2.45) is 0 Å². The summed E-state index contributed by atoms with van der Waals surface area (Å²) in [4.78, 5) is 19.9. The number of benzene rings is 2. The molecule has 2 heterocycles. The van der Waals surface area contributed by atoms with Gasteiger partial charge in [-0.2, -0.15) is 18.0 Å². The highest BCUT2D eigenvalue weighted by atomic mass is 32.1. The molecule has 31 heavy (non-hydrogen) atoms. The van der Waals surface area contributed by atoms with Crippen LogP contribution in [0.1, 0.15) is 23.5 Å². The second-order valence-electron chi connectivity index (χ2n) is 6.92. The lowest BCUT2D eigenvalue weighted by Gasteiger charge is -2.22. The van der Waals surface area contributed by atoms with Crippen molar-refractivity contribution in [2.45, 2.75) is 25.7 Å². The number of tetrazole rings is 1. The Morgan fingerprint density at radius 3 is 2.71 bits per heavy atom. The van der Waals surface area contributed by atoms with E-state index in [1.54, 1.807) is 7.05 Å². The van der Waals surface area contributed by atoms with Crippen LogP contribution >= 0.6 is 11.3 Å². The van der Waals surface area contributed by atoms with E-state index in [1.807, 2.05) is 31.2 Å². The second-order valence-corrected chi connectivity index (χ2v) is 7.98. The van der Waals surface area contributed by atoms with Crippen molar-refractivity contribution < 1.29 is 18.0 Å². The molecule has 0 aliphatic heterocycles. The van der Waals surface area contributed by atoms with Crippen LogP contribution in [0.25, 0.3) is 21.6 Å². The van der Waals surface area contributed by atoms with E-state index in [-0.39, 0.29) is 29.9 Å². The van der Waals surface area contributed by atoms with Gasteiger partial charge in [0.05, 0.1) is 21.8 Å². The molecule has 2 aromatic heterocycles. The fourth-order valence-corrected chi connectivity index (χ4v) is 4.01. The Bertz CT molecular complexity index is 1200. The first-order valence-corrected chi connectivity index (χ1v) is 10.1. The highest BCUT2D eigenvalue weighted by Crippen LogP contribution is 2.31. The lowest BCUT2D eigenvalue weighted by Crippen LogP contribution is -2.33. The van der Waals surface area contributed by atoms with Gasteiger partial charge in [-0.1, -0.05) is 24.3 Å². The Labute approximate surface area is 179 Å². The van der Waals surface area contributed by atoms with Gasteiger partial charge in [-0.3, -0.25) is 4.79 Å². The molecule has 4 aromatic rings. The molecule has 0 saturated carbocycles. The Morgan fingerprint density at radius 1 is 1.19 bits per heavy atom. The number of carbonyl (C=O) groups is 1. The molecule has 0 aliphatic rings. The van der Waals surface area contributed by atoms with E-state index in [1.165, 1.54) is 28.4 Å². The molecule has 0 bridgehead atoms. The Morgan fingerprint density at radius 2 is 1.97 bits per heavy atom. The first-order chi connectivity index (χ1) is 14.7. The first-order valence-electron chi connectivity index (χ1n) is 9.29. The van der Waals surface area contributed by atoms with Crippen molar-refractivity contribution in [3.05, 3.63) is 59.1 Å². The van der Waals surface area contributed by atoms with Crippen LogP contribution in [0.15, 0.2) is 48.5 Å². The summed E-state index contributed by atoms with van der Waals surface area (Å²) in [5, 5.41) is 12.5. The van der Waals surface area contributed by atoms with E-state index in [2.05, 4.69) is 20.4 Å². The quantitative estimate of drug-likeness (QED) is 0.460. The Hall–Kier alpha value is -3.34. The molecule has 1 amide bonds. The Kier molecular flexibility index (Phi) is 5.44. The van der Waals surface area contributed by atoms with Crippen molar-refractivity contribution >= 4 is 27.5 Å². The van der Waals surface area contributed by atoms with Crippen LogP contribution in [0.2, 0.25) is 0 Å². The zero-order valence-electron chi connectivity index (χ0n) is 16.5. The number of fused-ring (bicyclic) bond motifs is 1. The van der Waals surface area contributed by atoms with E-state index in [0.29, 0.717) is 0 Å². The summed E-state index contributed by atoms with van der Waals surface area (Å²) >= 11 is 1.51. The zero-order chi connectivity index (χ0) is 22.2. The van der Waals surface area contributed by atoms with E-state index >= 15 is 0 Å². The minimum Gasteiger partial charge on any atom is -0.335 e. The molecule has 0 radical (unpaired) electrons. The van der Waals surface area contributed by atoms with Gasteiger partial charge in [0.15, 0.2) is 0 Å². The van der Waals surface area contributed by atoms with Crippen LogP contribution in [0, 0.1) is 0 Å². The molecule has 0 saturated heterocycles. The predicted molar refractivity (Wildman–Crippen MR) is 109 cm³/mol. The van der Waals surface area contributed by atoms with Crippen molar-refractivity contribution in [2.75, 3.05) is 7.05 Å². The summed E-state index contributed by atoms with van der Waals surface area (Å²) in [5.74, 6) is -0.263. The van der Waals surface area contributed by atoms with Gasteiger partial charge in [-0.25, -0.2) is 4.98 Å². The molecule has 7 nitrogen and oxygen atoms in total. The van der Waals surface area contributed by atoms with Crippen molar-refractivity contribution in [1.82, 2.24) is 30.1 Å². The molecular formula is C20H17F3N6OS. The third-order valence-corrected chi connectivity index (χ3v) is 6.03. The topological polar surface area (TPSA) is 76.8 Å². The number of halogens is 3. The van der Waals surface area contributed by atoms with Gasteiger partial charge in [0.1, 0.15) is 11.6 Å². The SMILES string of the molecule is C[C@@H](c1nc2ccccc2s1)N(C)C(=O)Cn1nnc(-c2cccc(C(F)(F)F)c2)n1. The zero-order valence-corrected chi connectivity index (χ0v) is 17.4. The molecule has 11 heteroatoms. The molecule has 0 N–H and O–H groups in total. The average Bonchev–Trinajstić information content (AvgIpc) is 3.39. The molecule has 0 fully saturated rings. The standard InChI is InChI=1S/C20H17F3N6OS/c1-12(19-24-15-8-3-4-9-16(15)31-19)28(2)17(30)11-29-26-18(25-27-29)13-6-5-7-14(10-13)20(21,22)23/h3-10,12H,11H2,1-2H3/t12-/m0/s1. The number of rotatable bonds is 5. The minimum absolute atomic E-state index is 0.0146.